The fraction of sp³-hybridized carbons (Fsp3) is 0.875. The second-order valence-corrected chi connectivity index (χ2v) is 2.61. The van der Waals surface area contributed by atoms with Crippen LogP contribution >= 0.6 is 0 Å². The third-order valence-corrected chi connectivity index (χ3v) is 1.62. The summed E-state index contributed by atoms with van der Waals surface area (Å²) in [5.41, 5.74) is 0. The first kappa shape index (κ1) is 13.8. The molecule has 2 nitrogen and oxygen atoms in total. The predicted octanol–water partition coefficient (Wildman–Crippen LogP) is 2.28. The van der Waals surface area contributed by atoms with Crippen LogP contribution in [0.4, 0.5) is 0 Å². The Morgan fingerprint density at radius 3 is 1.82 bits per heavy atom. The van der Waals surface area contributed by atoms with Crippen LogP contribution in [0.5, 0.6) is 0 Å². The maximum absolute atomic E-state index is 10.5. The van der Waals surface area contributed by atoms with Crippen LogP contribution in [0.15, 0.2) is 0 Å². The van der Waals surface area contributed by atoms with E-state index >= 15 is 0 Å². The number of carbonyl (C=O) groups is 1. The van der Waals surface area contributed by atoms with Crippen LogP contribution in [0.25, 0.3) is 0 Å². The molecule has 0 aromatic carbocycles. The molecule has 0 fully saturated rings. The summed E-state index contributed by atoms with van der Waals surface area (Å²) in [5, 5.41) is 8.64. The van der Waals surface area contributed by atoms with Crippen LogP contribution in [0.3, 0.4) is 0 Å². The standard InChI is InChI=1S/C8H16O2.Ag/c1-3-5-7(6-4-2)8(9)10;/h7H,3-6H2,1-2H3,(H,9,10);. The molecule has 0 aromatic rings. The normalized spacial score (nSPS) is 9.36. The second-order valence-electron chi connectivity index (χ2n) is 2.61. The zero-order valence-corrected chi connectivity index (χ0v) is 8.55. The summed E-state index contributed by atoms with van der Waals surface area (Å²) in [4.78, 5) is 10.5. The molecule has 0 bridgehead atoms. The Morgan fingerprint density at radius 2 is 1.64 bits per heavy atom. The molecule has 0 aliphatic rings. The third kappa shape index (κ3) is 6.60. The van der Waals surface area contributed by atoms with Gasteiger partial charge >= 0.3 is 5.97 Å². The molecule has 11 heavy (non-hydrogen) atoms. The number of carboxylic acid groups (broad SMARTS) is 1. The van der Waals surface area contributed by atoms with E-state index in [1.165, 1.54) is 0 Å². The Bertz CT molecular complexity index is 98.3. The van der Waals surface area contributed by atoms with E-state index in [-0.39, 0.29) is 28.3 Å². The summed E-state index contributed by atoms with van der Waals surface area (Å²) in [6.45, 7) is 4.04. The minimum atomic E-state index is -0.635. The van der Waals surface area contributed by atoms with Gasteiger partial charge in [0.05, 0.1) is 5.92 Å². The fourth-order valence-corrected chi connectivity index (χ4v) is 1.09. The number of aliphatic carboxylic acids is 1. The minimum absolute atomic E-state index is 0. The van der Waals surface area contributed by atoms with E-state index < -0.39 is 5.97 Å². The van der Waals surface area contributed by atoms with Gasteiger partial charge in [0, 0.05) is 22.4 Å². The van der Waals surface area contributed by atoms with Crippen LogP contribution in [-0.2, 0) is 27.2 Å². The van der Waals surface area contributed by atoms with Crippen molar-refractivity contribution in [2.75, 3.05) is 0 Å². The van der Waals surface area contributed by atoms with E-state index in [1.54, 1.807) is 0 Å². The van der Waals surface area contributed by atoms with Crippen molar-refractivity contribution in [1.29, 1.82) is 0 Å². The van der Waals surface area contributed by atoms with E-state index in [0.29, 0.717) is 0 Å². The molecule has 3 heteroatoms. The van der Waals surface area contributed by atoms with Crippen molar-refractivity contribution in [1.82, 2.24) is 0 Å². The molecule has 0 amide bonds. The summed E-state index contributed by atoms with van der Waals surface area (Å²) >= 11 is 0. The minimum Gasteiger partial charge on any atom is -0.481 e. The quantitative estimate of drug-likeness (QED) is 0.762. The van der Waals surface area contributed by atoms with Crippen LogP contribution < -0.4 is 0 Å². The van der Waals surface area contributed by atoms with Crippen molar-refractivity contribution in [3.05, 3.63) is 0 Å². The van der Waals surface area contributed by atoms with Gasteiger partial charge in [0.1, 0.15) is 0 Å². The van der Waals surface area contributed by atoms with Gasteiger partial charge in [-0.1, -0.05) is 26.7 Å². The second kappa shape index (κ2) is 8.31. The molecule has 0 saturated heterocycles. The third-order valence-electron chi connectivity index (χ3n) is 1.62. The molecule has 0 rings (SSSR count). The SMILES string of the molecule is CCCC(CCC)C(=O)O.[Ag]. The van der Waals surface area contributed by atoms with Crippen molar-refractivity contribution in [3.8, 4) is 0 Å². The smallest absolute Gasteiger partial charge is 0.306 e. The largest absolute Gasteiger partial charge is 0.481 e. The first-order valence-corrected chi connectivity index (χ1v) is 3.95. The Kier molecular flexibility index (Phi) is 10.4. The topological polar surface area (TPSA) is 37.3 Å². The van der Waals surface area contributed by atoms with E-state index in [2.05, 4.69) is 0 Å². The van der Waals surface area contributed by atoms with Gasteiger partial charge in [0.2, 0.25) is 0 Å². The number of carboxylic acids is 1. The molecule has 0 aliphatic carbocycles. The van der Waals surface area contributed by atoms with E-state index in [9.17, 15) is 4.79 Å². The van der Waals surface area contributed by atoms with E-state index in [1.807, 2.05) is 13.8 Å². The molecular formula is C8H16AgO2. The molecule has 0 spiro atoms. The average molecular weight is 252 g/mol. The van der Waals surface area contributed by atoms with Gasteiger partial charge in [-0.2, -0.15) is 0 Å². The van der Waals surface area contributed by atoms with Crippen LogP contribution in [0, 0.1) is 5.92 Å². The maximum Gasteiger partial charge on any atom is 0.306 e. The zero-order valence-electron chi connectivity index (χ0n) is 7.06. The van der Waals surface area contributed by atoms with Gasteiger partial charge in [-0.15, -0.1) is 0 Å². The molecule has 0 saturated carbocycles. The molecule has 1 N–H and O–H groups in total. The van der Waals surface area contributed by atoms with Crippen molar-refractivity contribution >= 4 is 5.97 Å². The Hall–Kier alpha value is 0.210. The van der Waals surface area contributed by atoms with Crippen molar-refractivity contribution < 1.29 is 32.3 Å². The molecule has 0 heterocycles. The van der Waals surface area contributed by atoms with Gasteiger partial charge in [0.15, 0.2) is 0 Å². The Labute approximate surface area is 83.9 Å². The average Bonchev–Trinajstić information content (AvgIpc) is 1.87. The molecule has 0 aliphatic heterocycles. The molecule has 1 radical (unpaired) electrons. The first-order chi connectivity index (χ1) is 4.72. The summed E-state index contributed by atoms with van der Waals surface area (Å²) < 4.78 is 0. The molecule has 0 aromatic heterocycles. The number of hydrogen-bond acceptors (Lipinski definition) is 1. The van der Waals surface area contributed by atoms with Crippen molar-refractivity contribution in [2.45, 2.75) is 39.5 Å². The zero-order chi connectivity index (χ0) is 7.98. The van der Waals surface area contributed by atoms with Gasteiger partial charge in [0.25, 0.3) is 0 Å². The van der Waals surface area contributed by atoms with Crippen molar-refractivity contribution in [3.63, 3.8) is 0 Å². The summed E-state index contributed by atoms with van der Waals surface area (Å²) in [7, 11) is 0. The molecular weight excluding hydrogens is 236 g/mol. The van der Waals surface area contributed by atoms with Gasteiger partial charge in [-0.25, -0.2) is 0 Å². The fourth-order valence-electron chi connectivity index (χ4n) is 1.09. The van der Waals surface area contributed by atoms with Gasteiger partial charge in [-0.05, 0) is 12.8 Å². The van der Waals surface area contributed by atoms with Crippen LogP contribution in [0.2, 0.25) is 0 Å². The van der Waals surface area contributed by atoms with Crippen molar-refractivity contribution in [2.24, 2.45) is 5.92 Å². The molecule has 0 unspecified atom stereocenters. The van der Waals surface area contributed by atoms with Crippen LogP contribution in [-0.4, -0.2) is 11.1 Å². The van der Waals surface area contributed by atoms with Gasteiger partial charge < -0.3 is 5.11 Å². The van der Waals surface area contributed by atoms with E-state index in [0.717, 1.165) is 25.7 Å². The molecule has 71 valence electrons. The number of hydrogen-bond donors (Lipinski definition) is 1. The first-order valence-electron chi connectivity index (χ1n) is 3.95. The van der Waals surface area contributed by atoms with Crippen LogP contribution in [0.1, 0.15) is 39.5 Å². The Balaban J connectivity index is 0. The predicted molar refractivity (Wildman–Crippen MR) is 40.9 cm³/mol. The Morgan fingerprint density at radius 1 is 1.27 bits per heavy atom. The van der Waals surface area contributed by atoms with Gasteiger partial charge in [-0.3, -0.25) is 4.79 Å². The monoisotopic (exact) mass is 251 g/mol. The molecule has 0 atom stereocenters. The summed E-state index contributed by atoms with van der Waals surface area (Å²) in [6.07, 6.45) is 3.58. The summed E-state index contributed by atoms with van der Waals surface area (Å²) in [5.74, 6) is -0.737. The van der Waals surface area contributed by atoms with E-state index in [4.69, 9.17) is 5.11 Å². The number of rotatable bonds is 5. The summed E-state index contributed by atoms with van der Waals surface area (Å²) in [6, 6.07) is 0. The maximum atomic E-state index is 10.5.